The first-order valence-corrected chi connectivity index (χ1v) is 43.1. The lowest BCUT2D eigenvalue weighted by atomic mass is 9.99. The van der Waals surface area contributed by atoms with E-state index in [-0.39, 0.29) is 25.7 Å². The lowest BCUT2D eigenvalue weighted by Crippen LogP contribution is -2.30. The van der Waals surface area contributed by atoms with Crippen molar-refractivity contribution >= 4 is 39.5 Å². The maximum Gasteiger partial charge on any atom is 0.472 e. The van der Waals surface area contributed by atoms with Crippen LogP contribution in [0, 0.1) is 11.8 Å². The molecule has 7 atom stereocenters. The summed E-state index contributed by atoms with van der Waals surface area (Å²) in [6.45, 7) is 9.57. The first kappa shape index (κ1) is 94.1. The molecule has 0 aliphatic heterocycles. The number of hydrogen-bond acceptors (Lipinski definition) is 15. The van der Waals surface area contributed by atoms with Gasteiger partial charge >= 0.3 is 39.5 Å². The number of hydrogen-bond donors (Lipinski definition) is 3. The smallest absolute Gasteiger partial charge is 0.462 e. The molecule has 19 heteroatoms. The lowest BCUT2D eigenvalue weighted by molar-refractivity contribution is -0.161. The fourth-order valence-electron chi connectivity index (χ4n) is 11.8. The van der Waals surface area contributed by atoms with Crippen LogP contribution in [-0.2, 0) is 65.4 Å². The van der Waals surface area contributed by atoms with Gasteiger partial charge in [-0.1, -0.05) is 350 Å². The van der Waals surface area contributed by atoms with Crippen molar-refractivity contribution in [2.75, 3.05) is 39.6 Å². The Kier molecular flexibility index (Phi) is 67.4. The van der Waals surface area contributed by atoms with Crippen molar-refractivity contribution in [3.8, 4) is 0 Å². The monoisotopic (exact) mass is 1410 g/mol. The van der Waals surface area contributed by atoms with Gasteiger partial charge in [-0.2, -0.15) is 0 Å². The highest BCUT2D eigenvalue weighted by Gasteiger charge is 2.30. The van der Waals surface area contributed by atoms with E-state index in [0.29, 0.717) is 25.7 Å². The number of phosphoric ester groups is 2. The predicted molar refractivity (Wildman–Crippen MR) is 391 cm³/mol. The molecule has 0 aliphatic rings. The number of phosphoric acid groups is 2. The zero-order valence-electron chi connectivity index (χ0n) is 62.7. The Hall–Kier alpha value is -1.94. The SMILES string of the molecule is CCCCCCCCCCCCCCCCCCCC(=O)OC[C@H](COP(=O)(O)OC[C@@H](O)COP(=O)(O)OC[C@@H](COC(=O)CCCCCCC)OC(=O)CCCCCCCCCCC(C)CC)OC(=O)CCCCCCCCCCCCCCCCCCCCC(C)CC. The quantitative estimate of drug-likeness (QED) is 0.0222. The molecule has 0 aliphatic carbocycles. The first-order valence-electron chi connectivity index (χ1n) is 40.1. The van der Waals surface area contributed by atoms with Crippen molar-refractivity contribution < 1.29 is 80.2 Å². The molecule has 0 spiro atoms. The van der Waals surface area contributed by atoms with Crippen LogP contribution in [0.4, 0.5) is 0 Å². The molecule has 17 nitrogen and oxygen atoms in total. The molecule has 0 radical (unpaired) electrons. The van der Waals surface area contributed by atoms with Gasteiger partial charge in [0.05, 0.1) is 26.4 Å². The molecule has 0 saturated heterocycles. The predicted octanol–water partition coefficient (Wildman–Crippen LogP) is 22.7. The van der Waals surface area contributed by atoms with Crippen LogP contribution in [-0.4, -0.2) is 96.7 Å². The van der Waals surface area contributed by atoms with E-state index in [1.165, 1.54) is 212 Å². The normalized spacial score (nSPS) is 14.6. The van der Waals surface area contributed by atoms with Gasteiger partial charge in [0, 0.05) is 25.7 Å². The molecule has 96 heavy (non-hydrogen) atoms. The van der Waals surface area contributed by atoms with E-state index in [4.69, 9.17) is 37.0 Å². The highest BCUT2D eigenvalue weighted by Crippen LogP contribution is 2.45. The van der Waals surface area contributed by atoms with Gasteiger partial charge in [-0.15, -0.1) is 0 Å². The van der Waals surface area contributed by atoms with Gasteiger partial charge in [0.25, 0.3) is 0 Å². The van der Waals surface area contributed by atoms with E-state index in [1.807, 2.05) is 0 Å². The second kappa shape index (κ2) is 68.8. The van der Waals surface area contributed by atoms with Gasteiger partial charge in [-0.25, -0.2) is 9.13 Å². The molecule has 0 heterocycles. The van der Waals surface area contributed by atoms with E-state index in [2.05, 4.69) is 41.5 Å². The number of aliphatic hydroxyl groups is 1. The Morgan fingerprint density at radius 3 is 0.740 bits per heavy atom. The third kappa shape index (κ3) is 67.9. The van der Waals surface area contributed by atoms with Crippen molar-refractivity contribution in [3.63, 3.8) is 0 Å². The fraction of sp³-hybridized carbons (Fsp3) is 0.948. The zero-order valence-corrected chi connectivity index (χ0v) is 64.5. The number of carbonyl (C=O) groups excluding carboxylic acids is 4. The van der Waals surface area contributed by atoms with E-state index < -0.39 is 97.5 Å². The Balaban J connectivity index is 5.12. The highest BCUT2D eigenvalue weighted by molar-refractivity contribution is 7.47. The molecular formula is C77H150O17P2. The Bertz CT molecular complexity index is 1860. The Labute approximate surface area is 588 Å². The van der Waals surface area contributed by atoms with Gasteiger partial charge in [0.15, 0.2) is 12.2 Å². The summed E-state index contributed by atoms with van der Waals surface area (Å²) in [5.74, 6) is -0.487. The summed E-state index contributed by atoms with van der Waals surface area (Å²) >= 11 is 0. The second-order valence-electron chi connectivity index (χ2n) is 28.2. The Morgan fingerprint density at radius 2 is 0.500 bits per heavy atom. The molecule has 3 N–H and O–H groups in total. The largest absolute Gasteiger partial charge is 0.472 e. The molecule has 0 bridgehead atoms. The number of aliphatic hydroxyl groups excluding tert-OH is 1. The van der Waals surface area contributed by atoms with Crippen molar-refractivity contribution in [1.29, 1.82) is 0 Å². The molecule has 0 aromatic heterocycles. The molecule has 0 saturated carbocycles. The zero-order chi connectivity index (χ0) is 70.7. The molecule has 0 aromatic rings. The molecule has 570 valence electrons. The minimum absolute atomic E-state index is 0.104. The molecule has 0 aromatic carbocycles. The average molecular weight is 1410 g/mol. The summed E-state index contributed by atoms with van der Waals surface area (Å²) in [5.41, 5.74) is 0. The molecule has 0 amide bonds. The van der Waals surface area contributed by atoms with Crippen LogP contribution in [0.5, 0.6) is 0 Å². The fourth-order valence-corrected chi connectivity index (χ4v) is 13.3. The molecular weight excluding hydrogens is 1260 g/mol. The summed E-state index contributed by atoms with van der Waals surface area (Å²) in [7, 11) is -9.90. The van der Waals surface area contributed by atoms with Gasteiger partial charge in [-0.3, -0.25) is 37.3 Å². The van der Waals surface area contributed by atoms with Crippen molar-refractivity contribution in [3.05, 3.63) is 0 Å². The van der Waals surface area contributed by atoms with Crippen LogP contribution < -0.4 is 0 Å². The molecule has 0 rings (SSSR count). The number of carbonyl (C=O) groups is 4. The van der Waals surface area contributed by atoms with Crippen LogP contribution in [0.15, 0.2) is 0 Å². The number of unbranched alkanes of at least 4 members (excludes halogenated alkanes) is 44. The maximum atomic E-state index is 13.1. The van der Waals surface area contributed by atoms with Crippen LogP contribution in [0.2, 0.25) is 0 Å². The minimum Gasteiger partial charge on any atom is -0.462 e. The van der Waals surface area contributed by atoms with Crippen LogP contribution >= 0.6 is 15.6 Å². The van der Waals surface area contributed by atoms with E-state index >= 15 is 0 Å². The van der Waals surface area contributed by atoms with Gasteiger partial charge in [0.2, 0.25) is 0 Å². The van der Waals surface area contributed by atoms with Crippen molar-refractivity contribution in [2.24, 2.45) is 11.8 Å². The summed E-state index contributed by atoms with van der Waals surface area (Å²) in [5, 5.41) is 10.6. The van der Waals surface area contributed by atoms with Crippen LogP contribution in [0.3, 0.4) is 0 Å². The average Bonchev–Trinajstić information content (AvgIpc) is 1.35. The third-order valence-electron chi connectivity index (χ3n) is 18.7. The highest BCUT2D eigenvalue weighted by atomic mass is 31.2. The van der Waals surface area contributed by atoms with Gasteiger partial charge in [0.1, 0.15) is 19.3 Å². The van der Waals surface area contributed by atoms with Crippen LogP contribution in [0.1, 0.15) is 401 Å². The van der Waals surface area contributed by atoms with Gasteiger partial charge in [-0.05, 0) is 37.5 Å². The number of rotatable bonds is 76. The third-order valence-corrected chi connectivity index (χ3v) is 20.6. The summed E-state index contributed by atoms with van der Waals surface area (Å²) < 4.78 is 68.3. The standard InChI is InChI=1S/C77H150O17P2/c1-7-11-13-15-16-17-18-19-20-23-27-30-33-36-42-48-54-60-75(80)88-66-73(94-76(81)61-55-49-43-37-34-31-28-25-22-21-24-26-29-32-35-40-46-51-57-69(5)9-3)68-92-96(85,86)90-64-71(78)63-89-95(83,84)91-67-72(65-87-74(79)59-53-45-14-12-8-2)93-77(82)62-56-50-44-39-38-41-47-52-58-70(6)10-4/h69-73,78H,7-68H2,1-6H3,(H,83,84)(H,85,86)/t69?,70?,71-,72+,73+/m0/s1. The lowest BCUT2D eigenvalue weighted by Gasteiger charge is -2.21. The topological polar surface area (TPSA) is 237 Å². The summed E-state index contributed by atoms with van der Waals surface area (Å²) in [6, 6.07) is 0. The number of ether oxygens (including phenoxy) is 4. The second-order valence-corrected chi connectivity index (χ2v) is 31.1. The summed E-state index contributed by atoms with van der Waals surface area (Å²) in [6.07, 6.45) is 57.3. The number of esters is 4. The maximum absolute atomic E-state index is 13.1. The molecule has 4 unspecified atom stereocenters. The van der Waals surface area contributed by atoms with Crippen molar-refractivity contribution in [1.82, 2.24) is 0 Å². The van der Waals surface area contributed by atoms with Gasteiger partial charge < -0.3 is 33.8 Å². The Morgan fingerprint density at radius 1 is 0.292 bits per heavy atom. The first-order chi connectivity index (χ1) is 46.4. The summed E-state index contributed by atoms with van der Waals surface area (Å²) in [4.78, 5) is 72.5. The minimum atomic E-state index is -4.96. The molecule has 0 fully saturated rings. The van der Waals surface area contributed by atoms with Crippen molar-refractivity contribution in [2.45, 2.75) is 419 Å². The van der Waals surface area contributed by atoms with E-state index in [0.717, 1.165) is 108 Å². The van der Waals surface area contributed by atoms with E-state index in [1.54, 1.807) is 0 Å². The van der Waals surface area contributed by atoms with Crippen LogP contribution in [0.25, 0.3) is 0 Å². The van der Waals surface area contributed by atoms with E-state index in [9.17, 15) is 43.2 Å².